The summed E-state index contributed by atoms with van der Waals surface area (Å²) in [5.74, 6) is -0.717. The van der Waals surface area contributed by atoms with Gasteiger partial charge in [0.15, 0.2) is 0 Å². The Labute approximate surface area is 115 Å². The van der Waals surface area contributed by atoms with Gasteiger partial charge in [-0.1, -0.05) is 30.3 Å². The second kappa shape index (κ2) is 4.96. The van der Waals surface area contributed by atoms with Crippen LogP contribution in [0.25, 0.3) is 0 Å². The lowest BCUT2D eigenvalue weighted by molar-refractivity contribution is -0.136. The summed E-state index contributed by atoms with van der Waals surface area (Å²) in [6, 6.07) is 8.78. The molecule has 3 rings (SSSR count). The van der Waals surface area contributed by atoms with Gasteiger partial charge in [0.25, 0.3) is 0 Å². The molecule has 104 valence electrons. The maximum Gasteiger partial charge on any atom is 0.411 e. The zero-order valence-electron chi connectivity index (χ0n) is 10.7. The van der Waals surface area contributed by atoms with Gasteiger partial charge in [-0.15, -0.1) is 0 Å². The molecule has 1 N–H and O–H groups in total. The molecule has 1 aromatic rings. The molecule has 0 aliphatic carbocycles. The highest BCUT2D eigenvalue weighted by Gasteiger charge is 2.41. The highest BCUT2D eigenvalue weighted by molar-refractivity contribution is 6.01. The number of ether oxygens (including phenoxy) is 1. The highest BCUT2D eigenvalue weighted by atomic mass is 16.6. The largest absolute Gasteiger partial charge is 0.439 e. The molecule has 0 radical (unpaired) electrons. The third kappa shape index (κ3) is 2.24. The van der Waals surface area contributed by atoms with Crippen molar-refractivity contribution in [3.8, 4) is 0 Å². The van der Waals surface area contributed by atoms with Crippen LogP contribution in [0.4, 0.5) is 4.79 Å². The van der Waals surface area contributed by atoms with Crippen molar-refractivity contribution in [3.05, 3.63) is 35.9 Å². The van der Waals surface area contributed by atoms with Crippen molar-refractivity contribution in [2.24, 2.45) is 0 Å². The number of piperidine rings is 1. The van der Waals surface area contributed by atoms with Gasteiger partial charge >= 0.3 is 6.09 Å². The normalized spacial score (nSPS) is 26.4. The molecule has 2 aliphatic rings. The Morgan fingerprint density at radius 2 is 1.90 bits per heavy atom. The van der Waals surface area contributed by atoms with Crippen molar-refractivity contribution in [1.29, 1.82) is 0 Å². The van der Waals surface area contributed by atoms with Crippen molar-refractivity contribution in [2.75, 3.05) is 6.54 Å². The number of hydrogen-bond donors (Lipinski definition) is 1. The fourth-order valence-electron chi connectivity index (χ4n) is 2.55. The van der Waals surface area contributed by atoms with Crippen molar-refractivity contribution in [2.45, 2.75) is 25.0 Å². The lowest BCUT2D eigenvalue weighted by Gasteiger charge is -2.27. The second-order valence-corrected chi connectivity index (χ2v) is 4.90. The molecular weight excluding hydrogens is 260 g/mol. The van der Waals surface area contributed by atoms with E-state index in [0.717, 1.165) is 5.56 Å². The molecule has 2 aliphatic heterocycles. The first-order valence-corrected chi connectivity index (χ1v) is 6.51. The summed E-state index contributed by atoms with van der Waals surface area (Å²) in [4.78, 5) is 36.3. The van der Waals surface area contributed by atoms with Crippen LogP contribution in [0.3, 0.4) is 0 Å². The molecule has 2 atom stereocenters. The van der Waals surface area contributed by atoms with E-state index in [2.05, 4.69) is 5.32 Å². The molecule has 1 unspecified atom stereocenters. The first kappa shape index (κ1) is 12.7. The Balaban J connectivity index is 1.74. The van der Waals surface area contributed by atoms with E-state index in [1.807, 2.05) is 30.3 Å². The minimum Gasteiger partial charge on any atom is -0.439 e. The van der Waals surface area contributed by atoms with Crippen molar-refractivity contribution >= 4 is 17.9 Å². The standard InChI is InChI=1S/C14H14N2O4/c17-12-7-6-10(13(18)15-12)16-8-11(20-14(16)19)9-4-2-1-3-5-9/h1-5,10-11H,6-8H2,(H,15,17,18)/t10?,11-/m1/s1. The Morgan fingerprint density at radius 3 is 2.60 bits per heavy atom. The molecule has 2 fully saturated rings. The number of carbonyl (C=O) groups excluding carboxylic acids is 3. The van der Waals surface area contributed by atoms with E-state index < -0.39 is 18.0 Å². The monoisotopic (exact) mass is 274 g/mol. The molecule has 6 nitrogen and oxygen atoms in total. The van der Waals surface area contributed by atoms with E-state index in [0.29, 0.717) is 13.0 Å². The van der Waals surface area contributed by atoms with Crippen LogP contribution in [0.1, 0.15) is 24.5 Å². The lowest BCUT2D eigenvalue weighted by Crippen LogP contribution is -2.52. The maximum absolute atomic E-state index is 11.9. The molecule has 2 heterocycles. The summed E-state index contributed by atoms with van der Waals surface area (Å²) < 4.78 is 5.31. The molecule has 20 heavy (non-hydrogen) atoms. The summed E-state index contributed by atoms with van der Waals surface area (Å²) in [5, 5.41) is 2.25. The number of nitrogens with one attached hydrogen (secondary N) is 1. The number of rotatable bonds is 2. The van der Waals surface area contributed by atoms with E-state index >= 15 is 0 Å². The van der Waals surface area contributed by atoms with E-state index in [1.165, 1.54) is 4.90 Å². The van der Waals surface area contributed by atoms with Crippen LogP contribution in [0.2, 0.25) is 0 Å². The van der Waals surface area contributed by atoms with Gasteiger partial charge in [0.1, 0.15) is 12.1 Å². The third-order valence-corrected chi connectivity index (χ3v) is 3.60. The first-order chi connectivity index (χ1) is 9.65. The van der Waals surface area contributed by atoms with Crippen LogP contribution < -0.4 is 5.32 Å². The number of benzene rings is 1. The van der Waals surface area contributed by atoms with Gasteiger partial charge in [-0.05, 0) is 12.0 Å². The molecule has 1 aromatic carbocycles. The van der Waals surface area contributed by atoms with E-state index in [4.69, 9.17) is 4.74 Å². The minimum atomic E-state index is -0.617. The average molecular weight is 274 g/mol. The SMILES string of the molecule is O=C1CCC(N2C[C@H](c3ccccc3)OC2=O)C(=O)N1. The third-order valence-electron chi connectivity index (χ3n) is 3.60. The molecular formula is C14H14N2O4. The summed E-state index contributed by atoms with van der Waals surface area (Å²) in [7, 11) is 0. The number of cyclic esters (lactones) is 1. The number of nitrogens with zero attached hydrogens (tertiary/aromatic N) is 1. The quantitative estimate of drug-likeness (QED) is 0.816. The molecule has 2 saturated heterocycles. The van der Waals surface area contributed by atoms with Crippen LogP contribution in [0, 0.1) is 0 Å². The van der Waals surface area contributed by atoms with Crippen LogP contribution in [0.15, 0.2) is 30.3 Å². The summed E-state index contributed by atoms with van der Waals surface area (Å²) >= 11 is 0. The van der Waals surface area contributed by atoms with Gasteiger partial charge in [0.05, 0.1) is 6.54 Å². The Hall–Kier alpha value is -2.37. The molecule has 0 spiro atoms. The van der Waals surface area contributed by atoms with Crippen LogP contribution in [-0.4, -0.2) is 35.4 Å². The van der Waals surface area contributed by atoms with Crippen LogP contribution in [0.5, 0.6) is 0 Å². The van der Waals surface area contributed by atoms with Gasteiger partial charge < -0.3 is 4.74 Å². The predicted octanol–water partition coefficient (Wildman–Crippen LogP) is 0.985. The smallest absolute Gasteiger partial charge is 0.411 e. The molecule has 0 saturated carbocycles. The summed E-state index contributed by atoms with van der Waals surface area (Å²) in [6.45, 7) is 0.328. The molecule has 6 heteroatoms. The van der Waals surface area contributed by atoms with E-state index in [1.54, 1.807) is 0 Å². The number of imide groups is 1. The van der Waals surface area contributed by atoms with Crippen molar-refractivity contribution < 1.29 is 19.1 Å². The minimum absolute atomic E-state index is 0.246. The summed E-state index contributed by atoms with van der Waals surface area (Å²) in [6.07, 6.45) is -0.278. The second-order valence-electron chi connectivity index (χ2n) is 4.90. The Morgan fingerprint density at radius 1 is 1.15 bits per heavy atom. The van der Waals surface area contributed by atoms with Gasteiger partial charge in [0, 0.05) is 6.42 Å². The number of carbonyl (C=O) groups is 3. The molecule has 0 aromatic heterocycles. The highest BCUT2D eigenvalue weighted by Crippen LogP contribution is 2.29. The van der Waals surface area contributed by atoms with Crippen molar-refractivity contribution in [3.63, 3.8) is 0 Å². The van der Waals surface area contributed by atoms with Gasteiger partial charge in [-0.25, -0.2) is 4.79 Å². The zero-order valence-corrected chi connectivity index (χ0v) is 10.7. The van der Waals surface area contributed by atoms with Gasteiger partial charge in [0.2, 0.25) is 11.8 Å². The predicted molar refractivity (Wildman–Crippen MR) is 68.5 cm³/mol. The van der Waals surface area contributed by atoms with Gasteiger partial charge in [-0.2, -0.15) is 0 Å². The molecule has 0 bridgehead atoms. The number of hydrogen-bond acceptors (Lipinski definition) is 4. The Kier molecular flexibility index (Phi) is 3.14. The average Bonchev–Trinajstić information content (AvgIpc) is 2.82. The van der Waals surface area contributed by atoms with E-state index in [9.17, 15) is 14.4 Å². The zero-order chi connectivity index (χ0) is 14.1. The van der Waals surface area contributed by atoms with Crippen molar-refractivity contribution in [1.82, 2.24) is 10.2 Å². The topological polar surface area (TPSA) is 75.7 Å². The summed E-state index contributed by atoms with van der Waals surface area (Å²) in [5.41, 5.74) is 0.899. The van der Waals surface area contributed by atoms with Gasteiger partial charge in [-0.3, -0.25) is 19.8 Å². The number of amides is 3. The Bertz CT molecular complexity index is 558. The maximum atomic E-state index is 11.9. The van der Waals surface area contributed by atoms with Crippen LogP contribution in [-0.2, 0) is 14.3 Å². The lowest BCUT2D eigenvalue weighted by atomic mass is 10.0. The van der Waals surface area contributed by atoms with Crippen LogP contribution >= 0.6 is 0 Å². The fourth-order valence-corrected chi connectivity index (χ4v) is 2.55. The van der Waals surface area contributed by atoms with E-state index in [-0.39, 0.29) is 18.4 Å². The molecule has 3 amide bonds. The fraction of sp³-hybridized carbons (Fsp3) is 0.357. The first-order valence-electron chi connectivity index (χ1n) is 6.51.